The molecule has 5 heteroatoms. The Hall–Kier alpha value is -1.07. The smallest absolute Gasteiger partial charge is 0.175 e. The minimum atomic E-state index is -3.31. The van der Waals surface area contributed by atoms with Gasteiger partial charge < -0.3 is 10.2 Å². The van der Waals surface area contributed by atoms with Gasteiger partial charge in [0.15, 0.2) is 9.84 Å². The van der Waals surface area contributed by atoms with Crippen molar-refractivity contribution in [3.63, 3.8) is 0 Å². The van der Waals surface area contributed by atoms with Crippen LogP contribution in [0.2, 0.25) is 0 Å². The van der Waals surface area contributed by atoms with Crippen molar-refractivity contribution >= 4 is 9.84 Å². The van der Waals surface area contributed by atoms with Gasteiger partial charge in [0.25, 0.3) is 0 Å². The fourth-order valence-corrected chi connectivity index (χ4v) is 2.16. The molecule has 0 atom stereocenters. The summed E-state index contributed by atoms with van der Waals surface area (Å²) in [5, 5.41) is 19.4. The molecule has 1 aliphatic rings. The topological polar surface area (TPSA) is 74.6 Å². The zero-order valence-corrected chi connectivity index (χ0v) is 9.08. The summed E-state index contributed by atoms with van der Waals surface area (Å²) in [6.45, 7) is 0. The summed E-state index contributed by atoms with van der Waals surface area (Å²) in [5.41, 5.74) is -0.532. The summed E-state index contributed by atoms with van der Waals surface area (Å²) in [6, 6.07) is 4.06. The molecule has 0 aliphatic heterocycles. The van der Waals surface area contributed by atoms with Crippen molar-refractivity contribution in [2.75, 3.05) is 6.26 Å². The van der Waals surface area contributed by atoms with Crippen molar-refractivity contribution in [1.82, 2.24) is 0 Å². The average Bonchev–Trinajstić information content (AvgIpc) is 2.82. The van der Waals surface area contributed by atoms with Gasteiger partial charge in [-0.1, -0.05) is 6.07 Å². The summed E-state index contributed by atoms with van der Waals surface area (Å²) in [4.78, 5) is 0.0630. The first-order valence-corrected chi connectivity index (χ1v) is 6.48. The van der Waals surface area contributed by atoms with Gasteiger partial charge in [-0.3, -0.25) is 0 Å². The van der Waals surface area contributed by atoms with E-state index in [0.29, 0.717) is 18.4 Å². The molecule has 0 amide bonds. The number of hydrogen-bond donors (Lipinski definition) is 2. The second-order valence-electron chi connectivity index (χ2n) is 3.98. The van der Waals surface area contributed by atoms with Crippen LogP contribution in [-0.4, -0.2) is 24.9 Å². The van der Waals surface area contributed by atoms with Crippen LogP contribution in [0.1, 0.15) is 18.4 Å². The third kappa shape index (κ3) is 1.85. The number of aliphatic hydroxyl groups is 1. The number of hydrogen-bond acceptors (Lipinski definition) is 4. The van der Waals surface area contributed by atoms with Crippen LogP contribution in [0.5, 0.6) is 5.75 Å². The lowest BCUT2D eigenvalue weighted by molar-refractivity contribution is 0.147. The van der Waals surface area contributed by atoms with Crippen molar-refractivity contribution in [2.24, 2.45) is 0 Å². The van der Waals surface area contributed by atoms with E-state index in [1.807, 2.05) is 0 Å². The van der Waals surface area contributed by atoms with Crippen molar-refractivity contribution in [3.8, 4) is 5.75 Å². The molecule has 15 heavy (non-hydrogen) atoms. The van der Waals surface area contributed by atoms with Crippen LogP contribution in [0.15, 0.2) is 23.1 Å². The minimum absolute atomic E-state index is 0.0630. The second-order valence-corrected chi connectivity index (χ2v) is 6.00. The van der Waals surface area contributed by atoms with Crippen molar-refractivity contribution < 1.29 is 18.6 Å². The lowest BCUT2D eigenvalue weighted by Gasteiger charge is -2.11. The maximum absolute atomic E-state index is 11.2. The number of phenolic OH excluding ortho intramolecular Hbond substituents is 1. The average molecular weight is 228 g/mol. The molecular formula is C10H12O4S. The first-order chi connectivity index (χ1) is 6.83. The molecule has 1 fully saturated rings. The van der Waals surface area contributed by atoms with E-state index in [-0.39, 0.29) is 10.6 Å². The number of sulfone groups is 1. The van der Waals surface area contributed by atoms with Gasteiger partial charge in [-0.15, -0.1) is 0 Å². The third-order valence-electron chi connectivity index (χ3n) is 2.62. The summed E-state index contributed by atoms with van der Waals surface area (Å²) in [6.07, 6.45) is 2.30. The molecule has 4 nitrogen and oxygen atoms in total. The Bertz CT molecular complexity index is 500. The van der Waals surface area contributed by atoms with Gasteiger partial charge in [0.1, 0.15) is 5.75 Å². The summed E-state index contributed by atoms with van der Waals surface area (Å²) in [5.74, 6) is -0.155. The zero-order chi connectivity index (χ0) is 11.3. The van der Waals surface area contributed by atoms with E-state index in [4.69, 9.17) is 0 Å². The Labute approximate surface area is 88.1 Å². The Balaban J connectivity index is 2.49. The molecule has 1 aromatic rings. The highest BCUT2D eigenvalue weighted by atomic mass is 32.2. The molecule has 0 saturated heterocycles. The van der Waals surface area contributed by atoms with Crippen LogP contribution in [0.3, 0.4) is 0 Å². The Morgan fingerprint density at radius 3 is 2.33 bits per heavy atom. The number of rotatable bonds is 2. The van der Waals surface area contributed by atoms with Crippen molar-refractivity contribution in [1.29, 1.82) is 0 Å². The predicted molar refractivity (Wildman–Crippen MR) is 54.3 cm³/mol. The number of phenols is 1. The molecule has 0 unspecified atom stereocenters. The van der Waals surface area contributed by atoms with Crippen molar-refractivity contribution in [2.45, 2.75) is 23.3 Å². The minimum Gasteiger partial charge on any atom is -0.508 e. The van der Waals surface area contributed by atoms with E-state index in [1.165, 1.54) is 18.2 Å². The lowest BCUT2D eigenvalue weighted by atomic mass is 10.1. The quantitative estimate of drug-likeness (QED) is 0.784. The molecule has 82 valence electrons. The van der Waals surface area contributed by atoms with Gasteiger partial charge in [-0.2, -0.15) is 0 Å². The first-order valence-electron chi connectivity index (χ1n) is 4.59. The van der Waals surface area contributed by atoms with E-state index >= 15 is 0 Å². The largest absolute Gasteiger partial charge is 0.508 e. The molecule has 2 N–H and O–H groups in total. The van der Waals surface area contributed by atoms with Gasteiger partial charge >= 0.3 is 0 Å². The van der Waals surface area contributed by atoms with Crippen LogP contribution < -0.4 is 0 Å². The van der Waals surface area contributed by atoms with Crippen LogP contribution in [0.25, 0.3) is 0 Å². The first kappa shape index (κ1) is 10.4. The van der Waals surface area contributed by atoms with Crippen LogP contribution in [0, 0.1) is 0 Å². The summed E-state index contributed by atoms with van der Waals surface area (Å²) >= 11 is 0. The van der Waals surface area contributed by atoms with E-state index in [0.717, 1.165) is 6.26 Å². The normalized spacial score (nSPS) is 18.8. The monoisotopic (exact) mass is 228 g/mol. The number of benzene rings is 1. The van der Waals surface area contributed by atoms with E-state index < -0.39 is 15.4 Å². The molecule has 0 heterocycles. The molecule has 1 saturated carbocycles. The molecule has 1 aromatic carbocycles. The SMILES string of the molecule is CS(=O)(=O)c1ccc(C2(O)CC2)c(O)c1. The molecule has 0 radical (unpaired) electrons. The van der Waals surface area contributed by atoms with Gasteiger partial charge in [0.2, 0.25) is 0 Å². The fraction of sp³-hybridized carbons (Fsp3) is 0.400. The van der Waals surface area contributed by atoms with Gasteiger partial charge in [-0.25, -0.2) is 8.42 Å². The van der Waals surface area contributed by atoms with E-state index in [2.05, 4.69) is 0 Å². The Morgan fingerprint density at radius 1 is 1.33 bits per heavy atom. The Morgan fingerprint density at radius 2 is 1.93 bits per heavy atom. The lowest BCUT2D eigenvalue weighted by Crippen LogP contribution is -2.05. The molecule has 0 aromatic heterocycles. The highest BCUT2D eigenvalue weighted by molar-refractivity contribution is 7.90. The predicted octanol–water partition coefficient (Wildman–Crippen LogP) is 0.777. The summed E-state index contributed by atoms with van der Waals surface area (Å²) < 4.78 is 22.4. The maximum atomic E-state index is 11.2. The van der Waals surface area contributed by atoms with Gasteiger partial charge in [0.05, 0.1) is 10.5 Å². The Kier molecular flexibility index (Phi) is 2.06. The molecule has 1 aliphatic carbocycles. The van der Waals surface area contributed by atoms with E-state index in [1.54, 1.807) is 0 Å². The maximum Gasteiger partial charge on any atom is 0.175 e. The highest BCUT2D eigenvalue weighted by Crippen LogP contribution is 2.48. The molecule has 0 bridgehead atoms. The number of aromatic hydroxyl groups is 1. The van der Waals surface area contributed by atoms with Crippen molar-refractivity contribution in [3.05, 3.63) is 23.8 Å². The fourth-order valence-electron chi connectivity index (χ4n) is 1.52. The second kappa shape index (κ2) is 2.96. The van der Waals surface area contributed by atoms with Crippen LogP contribution in [0.4, 0.5) is 0 Å². The van der Waals surface area contributed by atoms with Gasteiger partial charge in [0, 0.05) is 11.8 Å². The van der Waals surface area contributed by atoms with E-state index in [9.17, 15) is 18.6 Å². The molecule has 2 rings (SSSR count). The highest BCUT2D eigenvalue weighted by Gasteiger charge is 2.44. The third-order valence-corrected chi connectivity index (χ3v) is 3.73. The van der Waals surface area contributed by atoms with Crippen LogP contribution >= 0.6 is 0 Å². The zero-order valence-electron chi connectivity index (χ0n) is 8.27. The van der Waals surface area contributed by atoms with Gasteiger partial charge in [-0.05, 0) is 25.0 Å². The standard InChI is InChI=1S/C10H12O4S/c1-15(13,14)7-2-3-8(9(11)6-7)10(12)4-5-10/h2-3,6,11-12H,4-5H2,1H3. The molecular weight excluding hydrogens is 216 g/mol. The molecule has 0 spiro atoms. The van der Waals surface area contributed by atoms with Crippen LogP contribution in [-0.2, 0) is 15.4 Å². The summed E-state index contributed by atoms with van der Waals surface area (Å²) in [7, 11) is -3.31.